The van der Waals surface area contributed by atoms with E-state index in [1.54, 1.807) is 18.3 Å². The van der Waals surface area contributed by atoms with Crippen LogP contribution in [-0.2, 0) is 4.79 Å². The first kappa shape index (κ1) is 14.8. The average molecular weight is 320 g/mol. The van der Waals surface area contributed by atoms with Crippen molar-refractivity contribution < 1.29 is 4.79 Å². The van der Waals surface area contributed by atoms with Gasteiger partial charge in [-0.1, -0.05) is 30.3 Å². The highest BCUT2D eigenvalue weighted by Gasteiger charge is 2.12. The zero-order valence-electron chi connectivity index (χ0n) is 12.0. The van der Waals surface area contributed by atoms with Gasteiger partial charge in [0.05, 0.1) is 5.69 Å². The van der Waals surface area contributed by atoms with Gasteiger partial charge in [-0.3, -0.25) is 10.1 Å². The average Bonchev–Trinajstić information content (AvgIpc) is 3.25. The fourth-order valence-electron chi connectivity index (χ4n) is 1.98. The van der Waals surface area contributed by atoms with Crippen LogP contribution < -0.4 is 5.32 Å². The molecule has 6 heteroatoms. The first-order valence-electron chi connectivity index (χ1n) is 6.84. The lowest BCUT2D eigenvalue weighted by molar-refractivity contribution is -0.112. The number of nitriles is 1. The number of nitrogens with zero attached hydrogens (tertiary/aromatic N) is 2. The quantitative estimate of drug-likeness (QED) is 0.568. The third-order valence-electron chi connectivity index (χ3n) is 3.08. The number of thiazole rings is 1. The van der Waals surface area contributed by atoms with Crippen molar-refractivity contribution >= 4 is 28.5 Å². The van der Waals surface area contributed by atoms with Gasteiger partial charge in [-0.05, 0) is 18.2 Å². The van der Waals surface area contributed by atoms with Crippen molar-refractivity contribution in [3.8, 4) is 17.3 Å². The van der Waals surface area contributed by atoms with Gasteiger partial charge in [-0.2, -0.15) is 5.26 Å². The minimum absolute atomic E-state index is 0.0175. The number of carbonyl (C=O) groups is 1. The van der Waals surface area contributed by atoms with Crippen LogP contribution in [0.25, 0.3) is 17.3 Å². The molecule has 0 bridgehead atoms. The van der Waals surface area contributed by atoms with Crippen LogP contribution in [-0.4, -0.2) is 15.9 Å². The number of aromatic amines is 1. The summed E-state index contributed by atoms with van der Waals surface area (Å²) in [5.41, 5.74) is 2.48. The van der Waals surface area contributed by atoms with E-state index in [-0.39, 0.29) is 5.57 Å². The van der Waals surface area contributed by atoms with E-state index in [1.807, 2.05) is 41.8 Å². The molecule has 3 aromatic rings. The number of anilines is 1. The third-order valence-corrected chi connectivity index (χ3v) is 3.84. The summed E-state index contributed by atoms with van der Waals surface area (Å²) in [6.45, 7) is 0. The summed E-state index contributed by atoms with van der Waals surface area (Å²) in [6, 6.07) is 15.2. The highest BCUT2D eigenvalue weighted by atomic mass is 32.1. The van der Waals surface area contributed by atoms with Crippen LogP contribution in [0, 0.1) is 11.3 Å². The molecule has 0 spiro atoms. The van der Waals surface area contributed by atoms with Crippen molar-refractivity contribution in [1.82, 2.24) is 9.97 Å². The number of rotatable bonds is 4. The Hall–Kier alpha value is -3.17. The molecule has 3 rings (SSSR count). The van der Waals surface area contributed by atoms with E-state index in [4.69, 9.17) is 5.26 Å². The second-order valence-electron chi connectivity index (χ2n) is 4.65. The molecular weight excluding hydrogens is 308 g/mol. The van der Waals surface area contributed by atoms with Crippen LogP contribution in [0.15, 0.2) is 59.6 Å². The van der Waals surface area contributed by atoms with Crippen molar-refractivity contribution in [3.05, 3.63) is 65.3 Å². The van der Waals surface area contributed by atoms with E-state index in [0.717, 1.165) is 11.3 Å². The molecule has 112 valence electrons. The van der Waals surface area contributed by atoms with Gasteiger partial charge in [0.2, 0.25) is 0 Å². The summed E-state index contributed by atoms with van der Waals surface area (Å²) in [4.78, 5) is 19.5. The van der Waals surface area contributed by atoms with Gasteiger partial charge in [0, 0.05) is 22.8 Å². The molecule has 1 aromatic carbocycles. The van der Waals surface area contributed by atoms with Crippen LogP contribution in [0.5, 0.6) is 0 Å². The Kier molecular flexibility index (Phi) is 4.32. The Morgan fingerprint density at radius 3 is 2.78 bits per heavy atom. The molecule has 0 atom stereocenters. The Morgan fingerprint density at radius 2 is 2.09 bits per heavy atom. The molecule has 2 aromatic heterocycles. The Bertz CT molecular complexity index is 873. The molecule has 2 N–H and O–H groups in total. The Labute approximate surface area is 136 Å². The second-order valence-corrected chi connectivity index (χ2v) is 5.51. The number of benzene rings is 1. The van der Waals surface area contributed by atoms with Gasteiger partial charge in [0.1, 0.15) is 11.6 Å². The van der Waals surface area contributed by atoms with Gasteiger partial charge in [-0.25, -0.2) is 4.98 Å². The second kappa shape index (κ2) is 6.73. The molecule has 0 fully saturated rings. The number of nitrogens with one attached hydrogen (secondary N) is 2. The molecule has 0 saturated heterocycles. The van der Waals surface area contributed by atoms with Crippen molar-refractivity contribution in [3.63, 3.8) is 0 Å². The van der Waals surface area contributed by atoms with Gasteiger partial charge >= 0.3 is 0 Å². The lowest BCUT2D eigenvalue weighted by atomic mass is 10.2. The maximum Gasteiger partial charge on any atom is 0.268 e. The molecule has 5 nitrogen and oxygen atoms in total. The van der Waals surface area contributed by atoms with Crippen molar-refractivity contribution in [2.75, 3.05) is 5.32 Å². The Morgan fingerprint density at radius 1 is 1.26 bits per heavy atom. The predicted molar refractivity (Wildman–Crippen MR) is 90.6 cm³/mol. The highest BCUT2D eigenvalue weighted by Crippen LogP contribution is 2.24. The van der Waals surface area contributed by atoms with Crippen molar-refractivity contribution in [1.29, 1.82) is 5.26 Å². The fourth-order valence-corrected chi connectivity index (χ4v) is 2.69. The van der Waals surface area contributed by atoms with Gasteiger partial charge in [-0.15, -0.1) is 11.3 Å². The minimum atomic E-state index is -0.476. The molecule has 1 amide bonds. The van der Waals surface area contributed by atoms with Crippen LogP contribution in [0.4, 0.5) is 5.13 Å². The fraction of sp³-hybridized carbons (Fsp3) is 0. The van der Waals surface area contributed by atoms with Gasteiger partial charge in [0.25, 0.3) is 5.91 Å². The monoisotopic (exact) mass is 320 g/mol. The third kappa shape index (κ3) is 3.54. The molecule has 0 radical (unpaired) electrons. The number of aromatic nitrogens is 2. The minimum Gasteiger partial charge on any atom is -0.362 e. The normalized spacial score (nSPS) is 11.0. The van der Waals surface area contributed by atoms with Crippen LogP contribution in [0.1, 0.15) is 5.69 Å². The predicted octanol–water partition coefficient (Wildman–Crippen LogP) is 3.68. The van der Waals surface area contributed by atoms with Crippen LogP contribution >= 0.6 is 11.3 Å². The molecular formula is C17H12N4OS. The van der Waals surface area contributed by atoms with Crippen LogP contribution in [0.2, 0.25) is 0 Å². The highest BCUT2D eigenvalue weighted by molar-refractivity contribution is 7.14. The maximum atomic E-state index is 12.2. The summed E-state index contributed by atoms with van der Waals surface area (Å²) in [5.74, 6) is -0.476. The molecule has 0 aliphatic rings. The SMILES string of the molecule is N#CC(=Cc1ccc[nH]1)C(=O)Nc1nc(-c2ccccc2)cs1. The smallest absolute Gasteiger partial charge is 0.268 e. The van der Waals surface area contributed by atoms with Gasteiger partial charge in [0.15, 0.2) is 5.13 Å². The lowest BCUT2D eigenvalue weighted by Gasteiger charge is -1.99. The van der Waals surface area contributed by atoms with E-state index in [0.29, 0.717) is 10.8 Å². The molecule has 2 heterocycles. The molecule has 0 aliphatic heterocycles. The molecule has 0 aliphatic carbocycles. The molecule has 23 heavy (non-hydrogen) atoms. The zero-order chi connectivity index (χ0) is 16.1. The number of amides is 1. The lowest BCUT2D eigenvalue weighted by Crippen LogP contribution is -2.13. The first-order valence-corrected chi connectivity index (χ1v) is 7.72. The Balaban J connectivity index is 1.76. The first-order chi connectivity index (χ1) is 11.3. The number of carbonyl (C=O) groups excluding carboxylic acids is 1. The van der Waals surface area contributed by atoms with E-state index in [2.05, 4.69) is 15.3 Å². The molecule has 0 unspecified atom stereocenters. The van der Waals surface area contributed by atoms with Crippen LogP contribution in [0.3, 0.4) is 0 Å². The maximum absolute atomic E-state index is 12.2. The summed E-state index contributed by atoms with van der Waals surface area (Å²) in [6.07, 6.45) is 3.23. The summed E-state index contributed by atoms with van der Waals surface area (Å²) in [7, 11) is 0. The summed E-state index contributed by atoms with van der Waals surface area (Å²) < 4.78 is 0. The number of hydrogen-bond acceptors (Lipinski definition) is 4. The number of H-pyrrole nitrogens is 1. The van der Waals surface area contributed by atoms with E-state index in [1.165, 1.54) is 17.4 Å². The standard InChI is InChI=1S/C17H12N4OS/c18-10-13(9-14-7-4-8-19-14)16(22)21-17-20-15(11-23-17)12-5-2-1-3-6-12/h1-9,11,19H,(H,20,21,22). The van der Waals surface area contributed by atoms with Crippen molar-refractivity contribution in [2.24, 2.45) is 0 Å². The van der Waals surface area contributed by atoms with E-state index >= 15 is 0 Å². The zero-order valence-corrected chi connectivity index (χ0v) is 12.8. The topological polar surface area (TPSA) is 81.6 Å². The summed E-state index contributed by atoms with van der Waals surface area (Å²) in [5, 5.41) is 14.1. The number of hydrogen-bond donors (Lipinski definition) is 2. The van der Waals surface area contributed by atoms with Crippen molar-refractivity contribution in [2.45, 2.75) is 0 Å². The van der Waals surface area contributed by atoms with E-state index < -0.39 is 5.91 Å². The molecule has 0 saturated carbocycles. The largest absolute Gasteiger partial charge is 0.362 e. The van der Waals surface area contributed by atoms with E-state index in [9.17, 15) is 4.79 Å². The van der Waals surface area contributed by atoms with Gasteiger partial charge < -0.3 is 4.98 Å². The summed E-state index contributed by atoms with van der Waals surface area (Å²) >= 11 is 1.32.